The largest absolute Gasteiger partial charge is 0.870 e. The van der Waals surface area contributed by atoms with E-state index in [4.69, 9.17) is 0 Å². The molecule has 2 rings (SSSR count). The van der Waals surface area contributed by atoms with E-state index in [0.29, 0.717) is 0 Å². The van der Waals surface area contributed by atoms with Crippen molar-refractivity contribution in [2.75, 3.05) is 0 Å². The van der Waals surface area contributed by atoms with Gasteiger partial charge >= 0.3 is 0 Å². The summed E-state index contributed by atoms with van der Waals surface area (Å²) in [4.78, 5) is 0. The second-order valence-electron chi connectivity index (χ2n) is 3.38. The van der Waals surface area contributed by atoms with E-state index in [1.165, 1.54) is 16.9 Å². The monoisotopic (exact) mass is 192 g/mol. The number of nitrogens with zero attached hydrogens (tertiary/aromatic N) is 2. The molecule has 0 aliphatic rings. The van der Waals surface area contributed by atoms with Crippen LogP contribution in [0.5, 0.6) is 0 Å². The van der Waals surface area contributed by atoms with Crippen LogP contribution in [0.1, 0.15) is 12.7 Å². The lowest BCUT2D eigenvalue weighted by Crippen LogP contribution is -2.32. The average molecular weight is 192 g/mol. The van der Waals surface area contributed by atoms with Gasteiger partial charge in [0.15, 0.2) is 11.0 Å². The number of fused-ring (bicyclic) bond motifs is 1. The highest BCUT2D eigenvalue weighted by atomic mass is 16.0. The van der Waals surface area contributed by atoms with Gasteiger partial charge in [-0.15, -0.1) is 0 Å². The van der Waals surface area contributed by atoms with Crippen LogP contribution in [0.3, 0.4) is 0 Å². The lowest BCUT2D eigenvalue weighted by molar-refractivity contribution is -0.653. The van der Waals surface area contributed by atoms with Crippen LogP contribution in [-0.4, -0.2) is 10.0 Å². The molecular weight excluding hydrogens is 176 g/mol. The molecule has 0 atom stereocenters. The summed E-state index contributed by atoms with van der Waals surface area (Å²) in [6, 6.07) is 8.49. The first-order valence-electron chi connectivity index (χ1n) is 4.68. The van der Waals surface area contributed by atoms with Gasteiger partial charge in [0.2, 0.25) is 0 Å². The second-order valence-corrected chi connectivity index (χ2v) is 3.38. The van der Waals surface area contributed by atoms with Gasteiger partial charge < -0.3 is 5.48 Å². The molecule has 0 unspecified atom stereocenters. The summed E-state index contributed by atoms with van der Waals surface area (Å²) >= 11 is 0. The highest BCUT2D eigenvalue weighted by molar-refractivity contribution is 5.71. The van der Waals surface area contributed by atoms with Crippen molar-refractivity contribution >= 4 is 11.0 Å². The second kappa shape index (κ2) is 3.80. The zero-order valence-corrected chi connectivity index (χ0v) is 8.86. The van der Waals surface area contributed by atoms with E-state index in [-0.39, 0.29) is 5.48 Å². The third-order valence-corrected chi connectivity index (χ3v) is 2.70. The van der Waals surface area contributed by atoms with E-state index >= 15 is 0 Å². The third kappa shape index (κ3) is 1.30. The standard InChI is InChI=1S/C11H15N2.H2O/c1-4-11-12(2)9-7-5-6-8-10(9)13(11)3;/h5-8H,4H2,1-3H3;1H2/q+1;/p-1. The summed E-state index contributed by atoms with van der Waals surface area (Å²) in [5.74, 6) is 1.36. The van der Waals surface area contributed by atoms with Crippen molar-refractivity contribution in [1.29, 1.82) is 0 Å². The molecule has 1 aromatic heterocycles. The first-order valence-corrected chi connectivity index (χ1v) is 4.68. The minimum atomic E-state index is 0. The number of para-hydroxylation sites is 2. The van der Waals surface area contributed by atoms with Crippen molar-refractivity contribution in [3.05, 3.63) is 30.1 Å². The van der Waals surface area contributed by atoms with Gasteiger partial charge in [0.1, 0.15) is 0 Å². The van der Waals surface area contributed by atoms with E-state index in [1.807, 2.05) is 0 Å². The molecule has 3 nitrogen and oxygen atoms in total. The maximum Gasteiger partial charge on any atom is 0.256 e. The first kappa shape index (κ1) is 10.7. The van der Waals surface area contributed by atoms with Gasteiger partial charge in [-0.1, -0.05) is 19.1 Å². The van der Waals surface area contributed by atoms with E-state index in [9.17, 15) is 0 Å². The fourth-order valence-electron chi connectivity index (χ4n) is 2.01. The number of hydrogen-bond donors (Lipinski definition) is 0. The molecule has 0 spiro atoms. The molecule has 1 aromatic carbocycles. The van der Waals surface area contributed by atoms with Crippen LogP contribution in [0.4, 0.5) is 0 Å². The third-order valence-electron chi connectivity index (χ3n) is 2.70. The Morgan fingerprint density at radius 2 is 1.93 bits per heavy atom. The van der Waals surface area contributed by atoms with Crippen molar-refractivity contribution in [3.63, 3.8) is 0 Å². The number of aromatic nitrogens is 2. The zero-order chi connectivity index (χ0) is 9.42. The molecule has 0 amide bonds. The lowest BCUT2D eigenvalue weighted by atomic mass is 10.3. The van der Waals surface area contributed by atoms with E-state index in [1.54, 1.807) is 0 Å². The molecule has 76 valence electrons. The van der Waals surface area contributed by atoms with E-state index in [0.717, 1.165) is 6.42 Å². The van der Waals surface area contributed by atoms with Gasteiger partial charge in [-0.2, -0.15) is 0 Å². The van der Waals surface area contributed by atoms with Gasteiger partial charge in [-0.05, 0) is 12.1 Å². The van der Waals surface area contributed by atoms with Gasteiger partial charge in [-0.3, -0.25) is 0 Å². The topological polar surface area (TPSA) is 38.8 Å². The SMILES string of the molecule is CCc1n(C)c2ccccc2[n+]1C.[OH-]. The molecular formula is C11H16N2O. The molecule has 0 aliphatic carbocycles. The van der Waals surface area contributed by atoms with Crippen molar-refractivity contribution in [3.8, 4) is 0 Å². The molecule has 0 aliphatic heterocycles. The normalized spacial score (nSPS) is 10.2. The van der Waals surface area contributed by atoms with Crippen molar-refractivity contribution in [1.82, 2.24) is 4.57 Å². The van der Waals surface area contributed by atoms with Crippen LogP contribution in [0.25, 0.3) is 11.0 Å². The highest BCUT2D eigenvalue weighted by Gasteiger charge is 2.16. The maximum absolute atomic E-state index is 2.26. The number of aryl methyl sites for hydroxylation is 2. The van der Waals surface area contributed by atoms with E-state index in [2.05, 4.69) is 54.4 Å². The molecule has 3 heteroatoms. The van der Waals surface area contributed by atoms with Crippen LogP contribution in [0.2, 0.25) is 0 Å². The number of hydrogen-bond acceptors (Lipinski definition) is 1. The van der Waals surface area contributed by atoms with Crippen LogP contribution >= 0.6 is 0 Å². The summed E-state index contributed by atoms with van der Waals surface area (Å²) in [5, 5.41) is 0. The van der Waals surface area contributed by atoms with Gasteiger partial charge in [-0.25, -0.2) is 9.13 Å². The van der Waals surface area contributed by atoms with Crippen molar-refractivity contribution in [2.45, 2.75) is 13.3 Å². The fraction of sp³-hybridized carbons (Fsp3) is 0.364. The van der Waals surface area contributed by atoms with Gasteiger partial charge in [0.25, 0.3) is 5.82 Å². The molecule has 1 heterocycles. The Kier molecular flexibility index (Phi) is 2.91. The summed E-state index contributed by atoms with van der Waals surface area (Å²) < 4.78 is 4.52. The van der Waals surface area contributed by atoms with Crippen molar-refractivity contribution < 1.29 is 10.0 Å². The number of benzene rings is 1. The Balaban J connectivity index is 0.000000980. The number of rotatable bonds is 1. The summed E-state index contributed by atoms with van der Waals surface area (Å²) in [6.07, 6.45) is 1.07. The predicted molar refractivity (Wildman–Crippen MR) is 55.4 cm³/mol. The van der Waals surface area contributed by atoms with Crippen molar-refractivity contribution in [2.24, 2.45) is 14.1 Å². The summed E-state index contributed by atoms with van der Waals surface area (Å²) in [5.41, 5.74) is 2.61. The van der Waals surface area contributed by atoms with Gasteiger partial charge in [0.05, 0.1) is 14.1 Å². The van der Waals surface area contributed by atoms with Crippen LogP contribution in [0, 0.1) is 0 Å². The molecule has 0 saturated heterocycles. The quantitative estimate of drug-likeness (QED) is 0.629. The van der Waals surface area contributed by atoms with Crippen LogP contribution < -0.4 is 4.57 Å². The Labute approximate surface area is 83.9 Å². The van der Waals surface area contributed by atoms with Gasteiger partial charge in [0, 0.05) is 6.42 Å². The first-order chi connectivity index (χ1) is 6.25. The Hall–Kier alpha value is -1.35. The van der Waals surface area contributed by atoms with E-state index < -0.39 is 0 Å². The maximum atomic E-state index is 2.26. The Bertz CT molecular complexity index is 407. The van der Waals surface area contributed by atoms with Crippen LogP contribution in [0.15, 0.2) is 24.3 Å². The zero-order valence-electron chi connectivity index (χ0n) is 8.86. The minimum Gasteiger partial charge on any atom is -0.870 e. The average Bonchev–Trinajstić information content (AvgIpc) is 2.41. The molecule has 2 aromatic rings. The minimum absolute atomic E-state index is 0. The van der Waals surface area contributed by atoms with Crippen LogP contribution in [-0.2, 0) is 20.5 Å². The molecule has 14 heavy (non-hydrogen) atoms. The summed E-state index contributed by atoms with van der Waals surface area (Å²) in [6.45, 7) is 2.19. The predicted octanol–water partition coefficient (Wildman–Crippen LogP) is 1.39. The summed E-state index contributed by atoms with van der Waals surface area (Å²) in [7, 11) is 4.25. The lowest BCUT2D eigenvalue weighted by Gasteiger charge is -1.91. The molecule has 0 bridgehead atoms. The highest BCUT2D eigenvalue weighted by Crippen LogP contribution is 2.11. The molecule has 1 N–H and O–H groups in total. The fourth-order valence-corrected chi connectivity index (χ4v) is 2.01. The Morgan fingerprint density at radius 1 is 1.29 bits per heavy atom. The molecule has 0 radical (unpaired) electrons. The Morgan fingerprint density at radius 3 is 2.50 bits per heavy atom. The molecule has 0 fully saturated rings. The molecule has 0 saturated carbocycles. The smallest absolute Gasteiger partial charge is 0.256 e. The number of imidazole rings is 1.